The topological polar surface area (TPSA) is 119 Å². The molecule has 6 heteroatoms. The van der Waals surface area contributed by atoms with Gasteiger partial charge in [-0.15, -0.1) is 0 Å². The Bertz CT molecular complexity index is 189. The van der Waals surface area contributed by atoms with Gasteiger partial charge >= 0.3 is 0 Å². The van der Waals surface area contributed by atoms with Crippen molar-refractivity contribution in [1.82, 2.24) is 10.6 Å². The van der Waals surface area contributed by atoms with Crippen LogP contribution in [0.3, 0.4) is 0 Å². The lowest BCUT2D eigenvalue weighted by molar-refractivity contribution is -0.121. The molecule has 17 heavy (non-hydrogen) atoms. The Morgan fingerprint density at radius 1 is 1.00 bits per heavy atom. The van der Waals surface area contributed by atoms with Gasteiger partial charge in [-0.25, -0.2) is 0 Å². The lowest BCUT2D eigenvalue weighted by Gasteiger charge is -2.14. The molecule has 0 aliphatic carbocycles. The van der Waals surface area contributed by atoms with Crippen LogP contribution in [-0.2, 0) is 4.79 Å². The molecular formula is C11H27N5O. The second-order valence-electron chi connectivity index (χ2n) is 4.13. The summed E-state index contributed by atoms with van der Waals surface area (Å²) < 4.78 is 0. The molecule has 0 bridgehead atoms. The van der Waals surface area contributed by atoms with Crippen molar-refractivity contribution in [2.75, 3.05) is 39.3 Å². The van der Waals surface area contributed by atoms with E-state index in [1.807, 2.05) is 0 Å². The van der Waals surface area contributed by atoms with Crippen LogP contribution in [0.1, 0.15) is 19.3 Å². The molecule has 1 atom stereocenters. The molecule has 0 rings (SSSR count). The smallest absolute Gasteiger partial charge is 0.221 e. The zero-order chi connectivity index (χ0) is 12.9. The number of primary amides is 1. The minimum absolute atomic E-state index is 0.113. The highest BCUT2D eigenvalue weighted by Gasteiger charge is 2.13. The van der Waals surface area contributed by atoms with Gasteiger partial charge in [0, 0.05) is 6.54 Å². The first kappa shape index (κ1) is 16.3. The minimum atomic E-state index is -0.245. The first-order valence-corrected chi connectivity index (χ1v) is 6.33. The highest BCUT2D eigenvalue weighted by molar-refractivity contribution is 5.76. The summed E-state index contributed by atoms with van der Waals surface area (Å²) in [6.07, 6.45) is 2.63. The fourth-order valence-electron chi connectivity index (χ4n) is 1.48. The van der Waals surface area contributed by atoms with Gasteiger partial charge in [-0.05, 0) is 52.0 Å². The van der Waals surface area contributed by atoms with Gasteiger partial charge in [-0.1, -0.05) is 0 Å². The third kappa shape index (κ3) is 10.2. The monoisotopic (exact) mass is 245 g/mol. The van der Waals surface area contributed by atoms with Crippen LogP contribution in [0, 0.1) is 5.92 Å². The second-order valence-corrected chi connectivity index (χ2v) is 4.13. The van der Waals surface area contributed by atoms with Crippen molar-refractivity contribution in [1.29, 1.82) is 0 Å². The molecule has 0 saturated heterocycles. The van der Waals surface area contributed by atoms with Crippen LogP contribution in [0.15, 0.2) is 0 Å². The van der Waals surface area contributed by atoms with E-state index in [9.17, 15) is 4.79 Å². The first-order valence-electron chi connectivity index (χ1n) is 6.33. The number of carbonyl (C=O) groups excluding carboxylic acids is 1. The van der Waals surface area contributed by atoms with Crippen LogP contribution in [0.25, 0.3) is 0 Å². The quantitative estimate of drug-likeness (QED) is 0.264. The lowest BCUT2D eigenvalue weighted by Crippen LogP contribution is -2.36. The van der Waals surface area contributed by atoms with E-state index in [2.05, 4.69) is 10.6 Å². The SMILES string of the molecule is NCCCNCCC(CNCCCN)C(N)=O. The van der Waals surface area contributed by atoms with Crippen LogP contribution >= 0.6 is 0 Å². The highest BCUT2D eigenvalue weighted by Crippen LogP contribution is 1.99. The Balaban J connectivity index is 3.57. The van der Waals surface area contributed by atoms with Gasteiger partial charge in [0.1, 0.15) is 0 Å². The maximum absolute atomic E-state index is 11.2. The fourth-order valence-corrected chi connectivity index (χ4v) is 1.48. The van der Waals surface area contributed by atoms with Gasteiger partial charge in [0.2, 0.25) is 5.91 Å². The average molecular weight is 245 g/mol. The summed E-state index contributed by atoms with van der Waals surface area (Å²) >= 11 is 0. The Labute approximate surface area is 104 Å². The van der Waals surface area contributed by atoms with Crippen molar-refractivity contribution < 1.29 is 4.79 Å². The summed E-state index contributed by atoms with van der Waals surface area (Å²) in [7, 11) is 0. The molecule has 0 aromatic carbocycles. The van der Waals surface area contributed by atoms with E-state index in [-0.39, 0.29) is 11.8 Å². The molecule has 6 nitrogen and oxygen atoms in total. The lowest BCUT2D eigenvalue weighted by atomic mass is 10.1. The third-order valence-electron chi connectivity index (χ3n) is 2.58. The average Bonchev–Trinajstić information content (AvgIpc) is 2.31. The molecule has 1 unspecified atom stereocenters. The third-order valence-corrected chi connectivity index (χ3v) is 2.58. The summed E-state index contributed by atoms with van der Waals surface area (Å²) in [6.45, 7) is 4.51. The minimum Gasteiger partial charge on any atom is -0.369 e. The fraction of sp³-hybridized carbons (Fsp3) is 0.909. The Morgan fingerprint density at radius 2 is 1.59 bits per heavy atom. The van der Waals surface area contributed by atoms with E-state index >= 15 is 0 Å². The number of carbonyl (C=O) groups is 1. The van der Waals surface area contributed by atoms with Crippen LogP contribution in [-0.4, -0.2) is 45.2 Å². The van der Waals surface area contributed by atoms with Crippen molar-refractivity contribution in [3.63, 3.8) is 0 Å². The van der Waals surface area contributed by atoms with Crippen molar-refractivity contribution in [2.45, 2.75) is 19.3 Å². The van der Waals surface area contributed by atoms with Gasteiger partial charge in [-0.2, -0.15) is 0 Å². The number of nitrogens with one attached hydrogen (secondary N) is 2. The Kier molecular flexibility index (Phi) is 11.3. The predicted molar refractivity (Wildman–Crippen MR) is 70.4 cm³/mol. The van der Waals surface area contributed by atoms with Crippen molar-refractivity contribution >= 4 is 5.91 Å². The molecule has 0 fully saturated rings. The normalized spacial score (nSPS) is 12.6. The van der Waals surface area contributed by atoms with Gasteiger partial charge < -0.3 is 27.8 Å². The van der Waals surface area contributed by atoms with E-state index in [4.69, 9.17) is 17.2 Å². The van der Waals surface area contributed by atoms with E-state index in [1.54, 1.807) is 0 Å². The molecular weight excluding hydrogens is 218 g/mol. The van der Waals surface area contributed by atoms with E-state index in [0.717, 1.165) is 38.9 Å². The molecule has 0 aliphatic rings. The molecule has 0 saturated carbocycles. The first-order chi connectivity index (χ1) is 8.22. The van der Waals surface area contributed by atoms with Crippen molar-refractivity contribution in [3.8, 4) is 0 Å². The number of amides is 1. The second kappa shape index (κ2) is 11.8. The molecule has 8 N–H and O–H groups in total. The predicted octanol–water partition coefficient (Wildman–Crippen LogP) is -1.65. The number of rotatable bonds is 12. The number of hydrogen-bond donors (Lipinski definition) is 5. The largest absolute Gasteiger partial charge is 0.369 e. The standard InChI is InChI=1S/C11H27N5O/c12-4-1-6-15-8-3-10(11(14)17)9-16-7-2-5-13/h10,15-16H,1-9,12-13H2,(H2,14,17). The number of nitrogens with two attached hydrogens (primary N) is 3. The molecule has 0 radical (unpaired) electrons. The molecule has 0 aromatic heterocycles. The van der Waals surface area contributed by atoms with Gasteiger partial charge in [-0.3, -0.25) is 4.79 Å². The van der Waals surface area contributed by atoms with Crippen LogP contribution < -0.4 is 27.8 Å². The van der Waals surface area contributed by atoms with Gasteiger partial charge in [0.25, 0.3) is 0 Å². The van der Waals surface area contributed by atoms with E-state index in [0.29, 0.717) is 19.6 Å². The van der Waals surface area contributed by atoms with Crippen molar-refractivity contribution in [2.24, 2.45) is 23.1 Å². The van der Waals surface area contributed by atoms with E-state index in [1.165, 1.54) is 0 Å². The molecule has 0 aromatic rings. The molecule has 1 amide bonds. The van der Waals surface area contributed by atoms with Crippen LogP contribution in [0.4, 0.5) is 0 Å². The van der Waals surface area contributed by atoms with Gasteiger partial charge in [0.05, 0.1) is 5.92 Å². The van der Waals surface area contributed by atoms with Crippen molar-refractivity contribution in [3.05, 3.63) is 0 Å². The van der Waals surface area contributed by atoms with E-state index < -0.39 is 0 Å². The highest BCUT2D eigenvalue weighted by atomic mass is 16.1. The summed E-state index contributed by atoms with van der Waals surface area (Å²) in [5.74, 6) is -0.357. The van der Waals surface area contributed by atoms with Crippen LogP contribution in [0.2, 0.25) is 0 Å². The summed E-state index contributed by atoms with van der Waals surface area (Å²) in [4.78, 5) is 11.2. The molecule has 0 aliphatic heterocycles. The Morgan fingerprint density at radius 3 is 2.12 bits per heavy atom. The summed E-state index contributed by atoms with van der Waals surface area (Å²) in [5, 5.41) is 6.43. The van der Waals surface area contributed by atoms with Gasteiger partial charge in [0.15, 0.2) is 0 Å². The summed E-state index contributed by atoms with van der Waals surface area (Å²) in [6, 6.07) is 0. The maximum Gasteiger partial charge on any atom is 0.221 e. The molecule has 102 valence electrons. The molecule has 0 spiro atoms. The molecule has 0 heterocycles. The summed E-state index contributed by atoms with van der Waals surface area (Å²) in [5.41, 5.74) is 16.1. The zero-order valence-corrected chi connectivity index (χ0v) is 10.6. The maximum atomic E-state index is 11.2. The zero-order valence-electron chi connectivity index (χ0n) is 10.6. The Hall–Kier alpha value is -0.690. The van der Waals surface area contributed by atoms with Crippen LogP contribution in [0.5, 0.6) is 0 Å². The number of hydrogen-bond acceptors (Lipinski definition) is 5.